The Balaban J connectivity index is 2.31. The summed E-state index contributed by atoms with van der Waals surface area (Å²) >= 11 is 0. The van der Waals surface area contributed by atoms with Crippen molar-refractivity contribution in [1.82, 2.24) is 0 Å². The maximum absolute atomic E-state index is 11.3. The van der Waals surface area contributed by atoms with Gasteiger partial charge in [0.2, 0.25) is 0 Å². The summed E-state index contributed by atoms with van der Waals surface area (Å²) in [5.41, 5.74) is 0. The van der Waals surface area contributed by atoms with Gasteiger partial charge < -0.3 is 0 Å². The number of carbonyl (C=O) groups excluding carboxylic acids is 2. The number of ketones is 2. The molecule has 1 aliphatic carbocycles. The average Bonchev–Trinajstić information content (AvgIpc) is 2.09. The molecule has 0 bridgehead atoms. The topological polar surface area (TPSA) is 34.1 Å². The first-order chi connectivity index (χ1) is 6.24. The van der Waals surface area contributed by atoms with E-state index < -0.39 is 0 Å². The van der Waals surface area contributed by atoms with Gasteiger partial charge in [-0.1, -0.05) is 0 Å². The molecule has 1 fully saturated rings. The van der Waals surface area contributed by atoms with Gasteiger partial charge in [-0.15, -0.1) is 12.3 Å². The van der Waals surface area contributed by atoms with E-state index in [0.29, 0.717) is 6.42 Å². The van der Waals surface area contributed by atoms with E-state index in [1.54, 1.807) is 0 Å². The number of rotatable bonds is 3. The van der Waals surface area contributed by atoms with E-state index in [4.69, 9.17) is 6.42 Å². The zero-order chi connectivity index (χ0) is 9.68. The van der Waals surface area contributed by atoms with Gasteiger partial charge in [0.25, 0.3) is 0 Å². The van der Waals surface area contributed by atoms with E-state index in [1.165, 1.54) is 0 Å². The molecule has 0 aromatic carbocycles. The highest BCUT2D eigenvalue weighted by Gasteiger charge is 2.25. The van der Waals surface area contributed by atoms with Crippen molar-refractivity contribution in [3.8, 4) is 12.3 Å². The highest BCUT2D eigenvalue weighted by molar-refractivity contribution is 6.02. The van der Waals surface area contributed by atoms with E-state index in [2.05, 4.69) is 5.92 Å². The maximum atomic E-state index is 11.3. The van der Waals surface area contributed by atoms with E-state index >= 15 is 0 Å². The van der Waals surface area contributed by atoms with Crippen molar-refractivity contribution < 1.29 is 9.59 Å². The fraction of sp³-hybridized carbons (Fsp3) is 0.636. The molecular weight excluding hydrogens is 164 g/mol. The lowest BCUT2D eigenvalue weighted by atomic mass is 9.84. The third kappa shape index (κ3) is 3.02. The second kappa shape index (κ2) is 4.81. The van der Waals surface area contributed by atoms with Crippen LogP contribution in [0.4, 0.5) is 0 Å². The van der Waals surface area contributed by atoms with Crippen LogP contribution in [-0.4, -0.2) is 11.6 Å². The highest BCUT2D eigenvalue weighted by atomic mass is 16.1. The third-order valence-corrected chi connectivity index (χ3v) is 2.47. The number of hydrogen-bond acceptors (Lipinski definition) is 2. The molecule has 13 heavy (non-hydrogen) atoms. The Bertz CT molecular complexity index is 247. The molecule has 70 valence electrons. The number of terminal acetylenes is 1. The van der Waals surface area contributed by atoms with E-state index in [1.807, 2.05) is 0 Å². The Morgan fingerprint density at radius 1 is 1.46 bits per heavy atom. The molecule has 0 spiro atoms. The molecule has 1 rings (SSSR count). The van der Waals surface area contributed by atoms with Gasteiger partial charge in [-0.3, -0.25) is 9.59 Å². The molecule has 1 atom stereocenters. The van der Waals surface area contributed by atoms with Gasteiger partial charge in [0.05, 0.1) is 6.42 Å². The van der Waals surface area contributed by atoms with Crippen LogP contribution in [0, 0.1) is 18.3 Å². The van der Waals surface area contributed by atoms with Gasteiger partial charge in [-0.25, -0.2) is 0 Å². The largest absolute Gasteiger partial charge is 0.299 e. The van der Waals surface area contributed by atoms with E-state index in [9.17, 15) is 9.59 Å². The van der Waals surface area contributed by atoms with Gasteiger partial charge in [0.1, 0.15) is 11.6 Å². The van der Waals surface area contributed by atoms with Crippen molar-refractivity contribution in [2.24, 2.45) is 5.92 Å². The summed E-state index contributed by atoms with van der Waals surface area (Å²) in [6, 6.07) is 0. The maximum Gasteiger partial charge on any atom is 0.143 e. The van der Waals surface area contributed by atoms with Crippen molar-refractivity contribution in [3.63, 3.8) is 0 Å². The van der Waals surface area contributed by atoms with Crippen LogP contribution in [0.5, 0.6) is 0 Å². The van der Waals surface area contributed by atoms with E-state index in [0.717, 1.165) is 25.7 Å². The molecule has 0 aliphatic heterocycles. The minimum absolute atomic E-state index is 0.0956. The third-order valence-electron chi connectivity index (χ3n) is 2.47. The van der Waals surface area contributed by atoms with E-state index in [-0.39, 0.29) is 23.9 Å². The molecule has 2 heteroatoms. The van der Waals surface area contributed by atoms with Crippen LogP contribution in [0.15, 0.2) is 0 Å². The fourth-order valence-electron chi connectivity index (χ4n) is 1.68. The van der Waals surface area contributed by atoms with Gasteiger partial charge in [0, 0.05) is 18.8 Å². The SMILES string of the molecule is C#CCCC[C@H]1CCC(=O)CC1=O. The van der Waals surface area contributed by atoms with Crippen LogP contribution >= 0.6 is 0 Å². The lowest BCUT2D eigenvalue weighted by molar-refractivity contribution is -0.132. The number of hydrogen-bond donors (Lipinski definition) is 0. The standard InChI is InChI=1S/C11H14O2/c1-2-3-4-5-9-6-7-10(12)8-11(9)13/h1,9H,3-8H2/t9-/m0/s1. The van der Waals surface area contributed by atoms with Crippen molar-refractivity contribution in [1.29, 1.82) is 0 Å². The molecule has 0 amide bonds. The van der Waals surface area contributed by atoms with Crippen LogP contribution in [-0.2, 0) is 9.59 Å². The molecule has 0 heterocycles. The van der Waals surface area contributed by atoms with Crippen molar-refractivity contribution in [2.45, 2.75) is 38.5 Å². The Labute approximate surface area is 78.7 Å². The summed E-state index contributed by atoms with van der Waals surface area (Å²) in [6.07, 6.45) is 9.07. The average molecular weight is 178 g/mol. The molecule has 0 unspecified atom stereocenters. The zero-order valence-electron chi connectivity index (χ0n) is 7.71. The van der Waals surface area contributed by atoms with Crippen molar-refractivity contribution in [3.05, 3.63) is 0 Å². The molecule has 0 N–H and O–H groups in total. The number of carbonyl (C=O) groups is 2. The molecular formula is C11H14O2. The summed E-state index contributed by atoms with van der Waals surface area (Å²) < 4.78 is 0. The van der Waals surface area contributed by atoms with Gasteiger partial charge in [0.15, 0.2) is 0 Å². The normalized spacial score (nSPS) is 22.8. The first-order valence-corrected chi connectivity index (χ1v) is 4.72. The number of unbranched alkanes of at least 4 members (excludes halogenated alkanes) is 1. The van der Waals surface area contributed by atoms with Gasteiger partial charge >= 0.3 is 0 Å². The Kier molecular flexibility index (Phi) is 3.70. The van der Waals surface area contributed by atoms with Crippen LogP contribution in [0.1, 0.15) is 38.5 Å². The molecule has 2 nitrogen and oxygen atoms in total. The Hall–Kier alpha value is -1.10. The predicted octanol–water partition coefficient (Wildman–Crippen LogP) is 1.73. The summed E-state index contributed by atoms with van der Waals surface area (Å²) in [5.74, 6) is 2.87. The van der Waals surface area contributed by atoms with Crippen LogP contribution in [0.2, 0.25) is 0 Å². The Morgan fingerprint density at radius 3 is 2.85 bits per heavy atom. The first-order valence-electron chi connectivity index (χ1n) is 4.72. The number of Topliss-reactive ketones (excluding diaryl/α,β-unsaturated/α-hetero) is 2. The predicted molar refractivity (Wildman–Crippen MR) is 50.0 cm³/mol. The fourth-order valence-corrected chi connectivity index (χ4v) is 1.68. The smallest absolute Gasteiger partial charge is 0.143 e. The van der Waals surface area contributed by atoms with Crippen LogP contribution in [0.25, 0.3) is 0 Å². The second-order valence-electron chi connectivity index (χ2n) is 3.51. The minimum atomic E-state index is 0.0956. The van der Waals surface area contributed by atoms with Crippen LogP contribution < -0.4 is 0 Å². The summed E-state index contributed by atoms with van der Waals surface area (Å²) in [6.45, 7) is 0. The summed E-state index contributed by atoms with van der Waals surface area (Å²) in [4.78, 5) is 22.2. The highest BCUT2D eigenvalue weighted by Crippen LogP contribution is 2.22. The monoisotopic (exact) mass is 178 g/mol. The van der Waals surface area contributed by atoms with Crippen LogP contribution in [0.3, 0.4) is 0 Å². The molecule has 0 aromatic rings. The second-order valence-corrected chi connectivity index (χ2v) is 3.51. The quantitative estimate of drug-likeness (QED) is 0.374. The molecule has 0 radical (unpaired) electrons. The molecule has 0 saturated heterocycles. The first kappa shape index (κ1) is 9.98. The van der Waals surface area contributed by atoms with Crippen molar-refractivity contribution >= 4 is 11.6 Å². The summed E-state index contributed by atoms with van der Waals surface area (Å²) in [7, 11) is 0. The minimum Gasteiger partial charge on any atom is -0.299 e. The zero-order valence-corrected chi connectivity index (χ0v) is 7.71. The van der Waals surface area contributed by atoms with Crippen molar-refractivity contribution in [2.75, 3.05) is 0 Å². The summed E-state index contributed by atoms with van der Waals surface area (Å²) in [5, 5.41) is 0. The van der Waals surface area contributed by atoms with Gasteiger partial charge in [-0.05, 0) is 19.3 Å². The lowest BCUT2D eigenvalue weighted by Gasteiger charge is -2.18. The molecule has 0 aromatic heterocycles. The molecule has 1 aliphatic rings. The Morgan fingerprint density at radius 2 is 2.23 bits per heavy atom. The molecule has 1 saturated carbocycles. The lowest BCUT2D eigenvalue weighted by Crippen LogP contribution is -2.24. The van der Waals surface area contributed by atoms with Gasteiger partial charge in [-0.2, -0.15) is 0 Å².